The van der Waals surface area contributed by atoms with Crippen LogP contribution in [0.15, 0.2) is 24.3 Å². The minimum Gasteiger partial charge on any atom is -0.497 e. The first-order valence-corrected chi connectivity index (χ1v) is 4.73. The Balaban J connectivity index is 2.81. The van der Waals surface area contributed by atoms with Gasteiger partial charge in [0.15, 0.2) is 0 Å². The van der Waals surface area contributed by atoms with Gasteiger partial charge < -0.3 is 9.47 Å². The topological polar surface area (TPSA) is 38.8 Å². The van der Waals surface area contributed by atoms with Gasteiger partial charge in [-0.1, -0.05) is 6.07 Å². The van der Waals surface area contributed by atoms with Crippen molar-refractivity contribution in [2.45, 2.75) is 6.92 Å². The molecule has 0 spiro atoms. The van der Waals surface area contributed by atoms with E-state index >= 15 is 0 Å². The summed E-state index contributed by atoms with van der Waals surface area (Å²) in [5.41, 5.74) is 0.743. The predicted molar refractivity (Wildman–Crippen MR) is 58.4 cm³/mol. The van der Waals surface area contributed by atoms with Crippen LogP contribution in [0.3, 0.4) is 0 Å². The minimum atomic E-state index is -0.370. The average molecular weight is 209 g/mol. The van der Waals surface area contributed by atoms with Crippen molar-refractivity contribution < 1.29 is 14.3 Å². The van der Waals surface area contributed by atoms with Crippen molar-refractivity contribution in [3.63, 3.8) is 0 Å². The van der Waals surface area contributed by atoms with E-state index in [2.05, 4.69) is 0 Å². The number of benzene rings is 1. The molecule has 1 aromatic rings. The van der Waals surface area contributed by atoms with Crippen molar-refractivity contribution in [3.8, 4) is 5.75 Å². The van der Waals surface area contributed by atoms with Crippen LogP contribution in [0.25, 0.3) is 0 Å². The van der Waals surface area contributed by atoms with E-state index in [0.29, 0.717) is 12.4 Å². The zero-order chi connectivity index (χ0) is 11.3. The van der Waals surface area contributed by atoms with E-state index in [4.69, 9.17) is 9.47 Å². The molecule has 0 aromatic heterocycles. The smallest absolute Gasteiger partial charge is 0.413 e. The number of anilines is 1. The van der Waals surface area contributed by atoms with Crippen LogP contribution in [-0.2, 0) is 4.74 Å². The summed E-state index contributed by atoms with van der Waals surface area (Å²) in [7, 11) is 3.25. The Hall–Kier alpha value is -1.71. The van der Waals surface area contributed by atoms with E-state index in [9.17, 15) is 4.79 Å². The minimum absolute atomic E-state index is 0.368. The summed E-state index contributed by atoms with van der Waals surface area (Å²) in [6, 6.07) is 7.24. The first-order chi connectivity index (χ1) is 7.19. The third kappa shape index (κ3) is 2.87. The molecule has 15 heavy (non-hydrogen) atoms. The molecule has 0 N–H and O–H groups in total. The molecule has 0 aliphatic rings. The van der Waals surface area contributed by atoms with Gasteiger partial charge in [0.1, 0.15) is 5.75 Å². The second kappa shape index (κ2) is 5.24. The molecular formula is C11H15NO3. The molecule has 1 rings (SSSR count). The summed E-state index contributed by atoms with van der Waals surface area (Å²) in [4.78, 5) is 12.8. The van der Waals surface area contributed by atoms with Crippen LogP contribution >= 0.6 is 0 Å². The summed E-state index contributed by atoms with van der Waals surface area (Å²) in [6.07, 6.45) is -0.370. The maximum atomic E-state index is 11.4. The maximum Gasteiger partial charge on any atom is 0.413 e. The van der Waals surface area contributed by atoms with Gasteiger partial charge in [-0.05, 0) is 19.1 Å². The summed E-state index contributed by atoms with van der Waals surface area (Å²) in [5.74, 6) is 0.712. The number of nitrogens with zero attached hydrogens (tertiary/aromatic N) is 1. The number of carbonyl (C=O) groups is 1. The first-order valence-electron chi connectivity index (χ1n) is 4.73. The Morgan fingerprint density at radius 1 is 1.47 bits per heavy atom. The molecule has 0 unspecified atom stereocenters. The molecule has 4 nitrogen and oxygen atoms in total. The molecular weight excluding hydrogens is 194 g/mol. The van der Waals surface area contributed by atoms with Gasteiger partial charge in [0.25, 0.3) is 0 Å². The van der Waals surface area contributed by atoms with E-state index in [0.717, 1.165) is 5.69 Å². The fourth-order valence-electron chi connectivity index (χ4n) is 1.14. The van der Waals surface area contributed by atoms with Crippen molar-refractivity contribution in [3.05, 3.63) is 24.3 Å². The van der Waals surface area contributed by atoms with Crippen LogP contribution in [0, 0.1) is 0 Å². The number of methoxy groups -OCH3 is 1. The largest absolute Gasteiger partial charge is 0.497 e. The van der Waals surface area contributed by atoms with Crippen LogP contribution in [0.1, 0.15) is 6.92 Å². The number of rotatable bonds is 3. The average Bonchev–Trinajstić information content (AvgIpc) is 2.28. The summed E-state index contributed by atoms with van der Waals surface area (Å²) in [6.45, 7) is 2.14. The lowest BCUT2D eigenvalue weighted by Crippen LogP contribution is -2.26. The highest BCUT2D eigenvalue weighted by Crippen LogP contribution is 2.20. The van der Waals surface area contributed by atoms with Crippen molar-refractivity contribution >= 4 is 11.8 Å². The molecule has 0 fully saturated rings. The number of ether oxygens (including phenoxy) is 2. The fraction of sp³-hybridized carbons (Fsp3) is 0.364. The second-order valence-electron chi connectivity index (χ2n) is 2.96. The third-order valence-electron chi connectivity index (χ3n) is 1.98. The number of amides is 1. The molecule has 4 heteroatoms. The van der Waals surface area contributed by atoms with Crippen LogP contribution in [0.5, 0.6) is 5.75 Å². The van der Waals surface area contributed by atoms with Gasteiger partial charge in [-0.25, -0.2) is 4.79 Å². The Labute approximate surface area is 89.4 Å². The molecule has 1 aromatic carbocycles. The van der Waals surface area contributed by atoms with Gasteiger partial charge in [0.05, 0.1) is 19.4 Å². The molecule has 0 saturated carbocycles. The van der Waals surface area contributed by atoms with E-state index in [1.54, 1.807) is 27.1 Å². The number of hydrogen-bond acceptors (Lipinski definition) is 3. The van der Waals surface area contributed by atoms with Crippen molar-refractivity contribution in [1.82, 2.24) is 0 Å². The Morgan fingerprint density at radius 2 is 2.20 bits per heavy atom. The molecule has 0 aliphatic carbocycles. The van der Waals surface area contributed by atoms with Gasteiger partial charge in [0, 0.05) is 13.1 Å². The van der Waals surface area contributed by atoms with Crippen LogP contribution in [-0.4, -0.2) is 26.9 Å². The summed E-state index contributed by atoms with van der Waals surface area (Å²) in [5, 5.41) is 0. The Bertz CT molecular complexity index is 338. The standard InChI is InChI=1S/C11H15NO3/c1-4-15-11(13)12(2)9-6-5-7-10(8-9)14-3/h5-8H,4H2,1-3H3. The normalized spacial score (nSPS) is 9.53. The molecule has 0 saturated heterocycles. The van der Waals surface area contributed by atoms with Gasteiger partial charge >= 0.3 is 6.09 Å². The van der Waals surface area contributed by atoms with E-state index in [-0.39, 0.29) is 6.09 Å². The number of carbonyl (C=O) groups excluding carboxylic acids is 1. The predicted octanol–water partition coefficient (Wildman–Crippen LogP) is 2.29. The zero-order valence-electron chi connectivity index (χ0n) is 9.19. The molecule has 82 valence electrons. The SMILES string of the molecule is CCOC(=O)N(C)c1cccc(OC)c1. The molecule has 0 radical (unpaired) electrons. The van der Waals surface area contributed by atoms with Crippen LogP contribution in [0.2, 0.25) is 0 Å². The van der Waals surface area contributed by atoms with Gasteiger partial charge in [-0.15, -0.1) is 0 Å². The molecule has 0 atom stereocenters. The monoisotopic (exact) mass is 209 g/mol. The van der Waals surface area contributed by atoms with Crippen molar-refractivity contribution in [2.75, 3.05) is 25.7 Å². The lowest BCUT2D eigenvalue weighted by atomic mass is 10.3. The van der Waals surface area contributed by atoms with Crippen LogP contribution < -0.4 is 9.64 Å². The van der Waals surface area contributed by atoms with E-state index < -0.39 is 0 Å². The van der Waals surface area contributed by atoms with Gasteiger partial charge in [0.2, 0.25) is 0 Å². The highest BCUT2D eigenvalue weighted by molar-refractivity contribution is 5.87. The summed E-state index contributed by atoms with van der Waals surface area (Å²) >= 11 is 0. The Kier molecular flexibility index (Phi) is 3.97. The quantitative estimate of drug-likeness (QED) is 0.766. The molecule has 0 aliphatic heterocycles. The van der Waals surface area contributed by atoms with E-state index in [1.807, 2.05) is 18.2 Å². The zero-order valence-corrected chi connectivity index (χ0v) is 9.19. The fourth-order valence-corrected chi connectivity index (χ4v) is 1.14. The Morgan fingerprint density at radius 3 is 2.80 bits per heavy atom. The van der Waals surface area contributed by atoms with E-state index in [1.165, 1.54) is 4.90 Å². The summed E-state index contributed by atoms with van der Waals surface area (Å²) < 4.78 is 9.94. The maximum absolute atomic E-state index is 11.4. The van der Waals surface area contributed by atoms with Crippen molar-refractivity contribution in [2.24, 2.45) is 0 Å². The van der Waals surface area contributed by atoms with Crippen molar-refractivity contribution in [1.29, 1.82) is 0 Å². The van der Waals surface area contributed by atoms with Gasteiger partial charge in [-0.2, -0.15) is 0 Å². The first kappa shape index (κ1) is 11.4. The van der Waals surface area contributed by atoms with Gasteiger partial charge in [-0.3, -0.25) is 4.90 Å². The molecule has 1 amide bonds. The third-order valence-corrected chi connectivity index (χ3v) is 1.98. The van der Waals surface area contributed by atoms with Crippen LogP contribution in [0.4, 0.5) is 10.5 Å². The lowest BCUT2D eigenvalue weighted by Gasteiger charge is -2.16. The second-order valence-corrected chi connectivity index (χ2v) is 2.96. The highest BCUT2D eigenvalue weighted by atomic mass is 16.6. The molecule has 0 bridgehead atoms. The molecule has 0 heterocycles. The number of hydrogen-bond donors (Lipinski definition) is 0. The highest BCUT2D eigenvalue weighted by Gasteiger charge is 2.11. The lowest BCUT2D eigenvalue weighted by molar-refractivity contribution is 0.161.